The van der Waals surface area contributed by atoms with Crippen LogP contribution in [0.5, 0.6) is 0 Å². The highest BCUT2D eigenvalue weighted by Gasteiger charge is 2.36. The summed E-state index contributed by atoms with van der Waals surface area (Å²) in [6.45, 7) is 3.35. The lowest BCUT2D eigenvalue weighted by Crippen LogP contribution is -2.51. The Balaban J connectivity index is 1.87. The number of Topliss-reactive ketones (excluding diaryl/α,β-unsaturated/α-hetero) is 1. The fourth-order valence-corrected chi connectivity index (χ4v) is 4.38. The highest BCUT2D eigenvalue weighted by Crippen LogP contribution is 2.35. The summed E-state index contributed by atoms with van der Waals surface area (Å²) in [5.41, 5.74) is -1.05. The summed E-state index contributed by atoms with van der Waals surface area (Å²) in [5, 5.41) is 14.2. The third-order valence-corrected chi connectivity index (χ3v) is 6.40. The minimum absolute atomic E-state index is 0.0311. The number of carbonyl (C=O) groups is 5. The molecule has 0 heterocycles. The summed E-state index contributed by atoms with van der Waals surface area (Å²) in [7, 11) is 1.56. The Morgan fingerprint density at radius 2 is 1.97 bits per heavy atom. The smallest absolute Gasteiger partial charge is 0.305 e. The molecule has 0 aliphatic heterocycles. The van der Waals surface area contributed by atoms with Gasteiger partial charge in [0.15, 0.2) is 5.78 Å². The third-order valence-electron chi connectivity index (χ3n) is 6.40. The van der Waals surface area contributed by atoms with Gasteiger partial charge in [-0.25, -0.2) is 0 Å². The van der Waals surface area contributed by atoms with Gasteiger partial charge in [0.25, 0.3) is 0 Å². The van der Waals surface area contributed by atoms with Gasteiger partial charge in [-0.05, 0) is 57.6 Å². The second kappa shape index (κ2) is 11.8. The second-order valence-corrected chi connectivity index (χ2v) is 9.23. The molecule has 1 saturated carbocycles. The lowest BCUT2D eigenvalue weighted by Gasteiger charge is -2.28. The fourth-order valence-electron chi connectivity index (χ4n) is 4.38. The number of aldehydes is 1. The molecule has 0 saturated heterocycles. The highest BCUT2D eigenvalue weighted by molar-refractivity contribution is 5.93. The highest BCUT2D eigenvalue weighted by atomic mass is 16.5. The molecule has 2 aliphatic carbocycles. The van der Waals surface area contributed by atoms with Crippen molar-refractivity contribution in [1.29, 1.82) is 0 Å². The number of hydrogen-bond donors (Lipinski definition) is 3. The van der Waals surface area contributed by atoms with Gasteiger partial charge in [0, 0.05) is 12.3 Å². The number of hydrogen-bond acceptors (Lipinski definition) is 6. The zero-order chi connectivity index (χ0) is 24.6. The molecule has 4 atom stereocenters. The summed E-state index contributed by atoms with van der Waals surface area (Å²) in [6.07, 6.45) is 8.73. The second-order valence-electron chi connectivity index (χ2n) is 9.23. The average Bonchev–Trinajstić information content (AvgIpc) is 3.25. The van der Waals surface area contributed by atoms with E-state index < -0.39 is 24.0 Å². The van der Waals surface area contributed by atoms with Gasteiger partial charge in [0.1, 0.15) is 12.0 Å². The molecule has 0 aromatic rings. The van der Waals surface area contributed by atoms with Crippen LogP contribution >= 0.6 is 0 Å². The molecule has 9 nitrogen and oxygen atoms in total. The van der Waals surface area contributed by atoms with Gasteiger partial charge in [-0.2, -0.15) is 0 Å². The number of amides is 2. The molecule has 2 aliphatic rings. The van der Waals surface area contributed by atoms with E-state index in [2.05, 4.69) is 10.6 Å². The molecule has 0 spiro atoms. The Hall–Kier alpha value is -2.97. The van der Waals surface area contributed by atoms with Crippen LogP contribution in [-0.2, 0) is 28.7 Å². The van der Waals surface area contributed by atoms with Gasteiger partial charge in [0.05, 0.1) is 31.0 Å². The number of aliphatic carboxylic acids is 1. The van der Waals surface area contributed by atoms with E-state index >= 15 is 0 Å². The number of carbonyl (C=O) groups excluding carboxylic acids is 4. The predicted molar refractivity (Wildman–Crippen MR) is 120 cm³/mol. The molecule has 1 fully saturated rings. The van der Waals surface area contributed by atoms with Gasteiger partial charge in [-0.3, -0.25) is 19.2 Å². The number of carboxylic acids is 1. The first-order chi connectivity index (χ1) is 15.6. The monoisotopic (exact) mass is 462 g/mol. The third kappa shape index (κ3) is 7.54. The molecule has 3 N–H and O–H groups in total. The molecule has 0 radical (unpaired) electrons. The molecular formula is C24H34N2O7. The number of methoxy groups -OCH3 is 1. The van der Waals surface area contributed by atoms with E-state index in [9.17, 15) is 24.0 Å². The number of allylic oxidation sites excluding steroid dienone is 2. The molecule has 0 bridgehead atoms. The van der Waals surface area contributed by atoms with Gasteiger partial charge in [-0.1, -0.05) is 12.5 Å². The van der Waals surface area contributed by atoms with Crippen molar-refractivity contribution in [2.75, 3.05) is 7.11 Å². The van der Waals surface area contributed by atoms with Gasteiger partial charge in [0.2, 0.25) is 11.8 Å². The van der Waals surface area contributed by atoms with Crippen LogP contribution in [0.1, 0.15) is 58.8 Å². The summed E-state index contributed by atoms with van der Waals surface area (Å²) in [5.74, 6) is -1.91. The minimum Gasteiger partial charge on any atom is -0.497 e. The maximum absolute atomic E-state index is 12.9. The van der Waals surface area contributed by atoms with E-state index in [1.807, 2.05) is 6.08 Å². The summed E-state index contributed by atoms with van der Waals surface area (Å²) in [6, 6.07) is -1.06. The lowest BCUT2D eigenvalue weighted by atomic mass is 9.86. The Kier molecular flexibility index (Phi) is 9.37. The minimum atomic E-state index is -1.16. The molecule has 33 heavy (non-hydrogen) atoms. The Labute approximate surface area is 194 Å². The topological polar surface area (TPSA) is 139 Å². The van der Waals surface area contributed by atoms with Gasteiger partial charge >= 0.3 is 5.97 Å². The van der Waals surface area contributed by atoms with Crippen LogP contribution < -0.4 is 10.6 Å². The quantitative estimate of drug-likeness (QED) is 0.377. The van der Waals surface area contributed by atoms with E-state index in [0.717, 1.165) is 12.8 Å². The molecular weight excluding hydrogens is 428 g/mol. The number of ether oxygens (including phenoxy) is 1. The Morgan fingerprint density at radius 3 is 2.55 bits per heavy atom. The molecule has 9 heteroatoms. The summed E-state index contributed by atoms with van der Waals surface area (Å²) >= 11 is 0. The zero-order valence-corrected chi connectivity index (χ0v) is 19.5. The number of rotatable bonds is 12. The maximum Gasteiger partial charge on any atom is 0.305 e. The fraction of sp³-hybridized carbons (Fsp3) is 0.625. The van der Waals surface area contributed by atoms with E-state index in [1.165, 1.54) is 0 Å². The standard InChI is InChI=1S/C24H34N2O7/c1-24(2,26-22(31)16-7-10-18(33-3)11-8-16)20(28)12-9-15-5-4-6-19(15)23(32)25-17(14-27)13-21(29)30/h7,10-11,14-17,19H,4-6,8-9,12-13H2,1-3H3,(H,25,32)(H,26,31)(H,29,30). The van der Waals surface area contributed by atoms with Crippen molar-refractivity contribution in [3.63, 3.8) is 0 Å². The SMILES string of the molecule is COC1=CCC(C(=O)NC(C)(C)C(=O)CCC2CCCC2C(=O)NC(C=O)CC(=O)O)C=C1. The molecule has 0 aromatic carbocycles. The molecule has 0 aromatic heterocycles. The van der Waals surface area contributed by atoms with E-state index in [-0.39, 0.29) is 41.8 Å². The van der Waals surface area contributed by atoms with Crippen molar-refractivity contribution in [2.24, 2.45) is 17.8 Å². The van der Waals surface area contributed by atoms with Crippen molar-refractivity contribution in [3.05, 3.63) is 24.0 Å². The van der Waals surface area contributed by atoms with Crippen LogP contribution in [0.2, 0.25) is 0 Å². The molecule has 2 amide bonds. The number of ketones is 1. The normalized spacial score (nSPS) is 23.2. The van der Waals surface area contributed by atoms with Crippen molar-refractivity contribution in [3.8, 4) is 0 Å². The zero-order valence-electron chi connectivity index (χ0n) is 19.5. The van der Waals surface area contributed by atoms with Gasteiger partial charge in [-0.15, -0.1) is 0 Å². The first-order valence-electron chi connectivity index (χ1n) is 11.3. The predicted octanol–water partition coefficient (Wildman–Crippen LogP) is 1.91. The molecule has 182 valence electrons. The van der Waals surface area contributed by atoms with E-state index in [1.54, 1.807) is 33.1 Å². The molecule has 2 rings (SSSR count). The molecule has 4 unspecified atom stereocenters. The van der Waals surface area contributed by atoms with Crippen molar-refractivity contribution < 1.29 is 33.8 Å². The van der Waals surface area contributed by atoms with Crippen molar-refractivity contribution >= 4 is 29.9 Å². The van der Waals surface area contributed by atoms with E-state index in [0.29, 0.717) is 31.3 Å². The van der Waals surface area contributed by atoms with Gasteiger partial charge < -0.3 is 25.3 Å². The average molecular weight is 463 g/mol. The van der Waals surface area contributed by atoms with Crippen LogP contribution in [0.15, 0.2) is 24.0 Å². The Bertz CT molecular complexity index is 831. The summed E-state index contributed by atoms with van der Waals surface area (Å²) in [4.78, 5) is 60.0. The number of carboxylic acid groups (broad SMARTS) is 1. The van der Waals surface area contributed by atoms with E-state index in [4.69, 9.17) is 9.84 Å². The Morgan fingerprint density at radius 1 is 1.24 bits per heavy atom. The largest absolute Gasteiger partial charge is 0.497 e. The van der Waals surface area contributed by atoms with Crippen LogP contribution in [-0.4, -0.2) is 53.7 Å². The van der Waals surface area contributed by atoms with Crippen LogP contribution in [0.4, 0.5) is 0 Å². The summed E-state index contributed by atoms with van der Waals surface area (Å²) < 4.78 is 5.13. The van der Waals surface area contributed by atoms with Crippen molar-refractivity contribution in [1.82, 2.24) is 10.6 Å². The van der Waals surface area contributed by atoms with Crippen LogP contribution in [0.3, 0.4) is 0 Å². The number of nitrogens with one attached hydrogen (secondary N) is 2. The first kappa shape index (κ1) is 26.3. The lowest BCUT2D eigenvalue weighted by molar-refractivity contribution is -0.139. The van der Waals surface area contributed by atoms with Crippen molar-refractivity contribution in [2.45, 2.75) is 70.4 Å². The maximum atomic E-state index is 12.9. The van der Waals surface area contributed by atoms with Crippen LogP contribution in [0, 0.1) is 17.8 Å². The van der Waals surface area contributed by atoms with Crippen LogP contribution in [0.25, 0.3) is 0 Å². The first-order valence-corrected chi connectivity index (χ1v) is 11.3.